The van der Waals surface area contributed by atoms with Gasteiger partial charge in [0.05, 0.1) is 5.69 Å². The topological polar surface area (TPSA) is 72.5 Å². The Kier molecular flexibility index (Phi) is 3.34. The Hall–Kier alpha value is -1.71. The molecule has 0 saturated carbocycles. The lowest BCUT2D eigenvalue weighted by Crippen LogP contribution is -2.26. The van der Waals surface area contributed by atoms with E-state index < -0.39 is 12.1 Å². The van der Waals surface area contributed by atoms with Crippen LogP contribution in [0.15, 0.2) is 24.3 Å². The van der Waals surface area contributed by atoms with Crippen LogP contribution >= 0.6 is 0 Å². The Bertz CT molecular complexity index is 325. The number of carbonyl (C=O) groups is 1. The van der Waals surface area contributed by atoms with E-state index in [4.69, 9.17) is 15.6 Å². The summed E-state index contributed by atoms with van der Waals surface area (Å²) in [5, 5.41) is 8.76. The van der Waals surface area contributed by atoms with Crippen LogP contribution in [0.5, 0.6) is 5.75 Å². The van der Waals surface area contributed by atoms with Gasteiger partial charge in [0.1, 0.15) is 5.75 Å². The lowest BCUT2D eigenvalue weighted by molar-refractivity contribution is -0.145. The number of hydrogen-bond acceptors (Lipinski definition) is 3. The Morgan fingerprint density at radius 1 is 1.57 bits per heavy atom. The van der Waals surface area contributed by atoms with E-state index in [1.165, 1.54) is 0 Å². The lowest BCUT2D eigenvalue weighted by atomic mass is 10.2. The molecule has 3 N–H and O–H groups in total. The fraction of sp³-hybridized carbons (Fsp3) is 0.300. The van der Waals surface area contributed by atoms with Gasteiger partial charge >= 0.3 is 5.97 Å². The zero-order valence-electron chi connectivity index (χ0n) is 7.93. The van der Waals surface area contributed by atoms with Gasteiger partial charge in [0, 0.05) is 0 Å². The van der Waals surface area contributed by atoms with Gasteiger partial charge in [-0.3, -0.25) is 0 Å². The van der Waals surface area contributed by atoms with Crippen molar-refractivity contribution in [2.45, 2.75) is 19.4 Å². The molecule has 1 aromatic rings. The van der Waals surface area contributed by atoms with Crippen molar-refractivity contribution in [2.24, 2.45) is 0 Å². The van der Waals surface area contributed by atoms with Crippen molar-refractivity contribution in [3.05, 3.63) is 24.3 Å². The predicted molar refractivity (Wildman–Crippen MR) is 53.2 cm³/mol. The molecule has 0 bridgehead atoms. The molecule has 14 heavy (non-hydrogen) atoms. The number of benzene rings is 1. The largest absolute Gasteiger partial charge is 0.479 e. The molecule has 0 radical (unpaired) electrons. The van der Waals surface area contributed by atoms with Gasteiger partial charge in [-0.25, -0.2) is 4.79 Å². The van der Waals surface area contributed by atoms with Crippen molar-refractivity contribution >= 4 is 11.7 Å². The molecule has 1 rings (SSSR count). The zero-order valence-corrected chi connectivity index (χ0v) is 7.93. The minimum absolute atomic E-state index is 0.406. The molecule has 0 saturated heterocycles. The number of aliphatic carboxylic acids is 1. The highest BCUT2D eigenvalue weighted by Crippen LogP contribution is 2.21. The molecule has 0 aliphatic carbocycles. The quantitative estimate of drug-likeness (QED) is 0.714. The van der Waals surface area contributed by atoms with E-state index in [1.54, 1.807) is 31.2 Å². The summed E-state index contributed by atoms with van der Waals surface area (Å²) < 4.78 is 5.23. The first-order chi connectivity index (χ1) is 6.65. The van der Waals surface area contributed by atoms with Gasteiger partial charge in [0.15, 0.2) is 6.10 Å². The van der Waals surface area contributed by atoms with Crippen molar-refractivity contribution in [3.8, 4) is 5.75 Å². The molecular weight excluding hydrogens is 182 g/mol. The number of carboxylic acid groups (broad SMARTS) is 1. The van der Waals surface area contributed by atoms with Crippen molar-refractivity contribution in [1.82, 2.24) is 0 Å². The van der Waals surface area contributed by atoms with Crippen LogP contribution in [0.3, 0.4) is 0 Å². The second-order valence-corrected chi connectivity index (χ2v) is 2.89. The molecule has 76 valence electrons. The fourth-order valence-electron chi connectivity index (χ4n) is 1.05. The van der Waals surface area contributed by atoms with Crippen molar-refractivity contribution in [2.75, 3.05) is 5.73 Å². The van der Waals surface area contributed by atoms with Crippen LogP contribution in [0, 0.1) is 0 Å². The van der Waals surface area contributed by atoms with Crippen LogP contribution in [-0.2, 0) is 4.79 Å². The predicted octanol–water partition coefficient (Wildman–Crippen LogP) is 1.51. The standard InChI is InChI=1S/C10H13NO3/c1-2-8(10(12)13)14-9-6-4-3-5-7(9)11/h3-6,8H,2,11H2,1H3,(H,12,13). The Morgan fingerprint density at radius 2 is 2.21 bits per heavy atom. The monoisotopic (exact) mass is 195 g/mol. The first-order valence-electron chi connectivity index (χ1n) is 4.39. The van der Waals surface area contributed by atoms with Gasteiger partial charge < -0.3 is 15.6 Å². The summed E-state index contributed by atoms with van der Waals surface area (Å²) in [7, 11) is 0. The smallest absolute Gasteiger partial charge is 0.344 e. The molecule has 4 nitrogen and oxygen atoms in total. The number of ether oxygens (including phenoxy) is 1. The molecule has 1 atom stereocenters. The van der Waals surface area contributed by atoms with Crippen LogP contribution in [0.2, 0.25) is 0 Å². The van der Waals surface area contributed by atoms with E-state index >= 15 is 0 Å². The molecule has 1 unspecified atom stereocenters. The van der Waals surface area contributed by atoms with E-state index in [1.807, 2.05) is 0 Å². The number of para-hydroxylation sites is 2. The normalized spacial score (nSPS) is 12.1. The van der Waals surface area contributed by atoms with E-state index in [0.717, 1.165) is 0 Å². The molecule has 4 heteroatoms. The molecule has 0 spiro atoms. The number of rotatable bonds is 4. The van der Waals surface area contributed by atoms with E-state index in [0.29, 0.717) is 17.9 Å². The van der Waals surface area contributed by atoms with Crippen molar-refractivity contribution < 1.29 is 14.6 Å². The average molecular weight is 195 g/mol. The van der Waals surface area contributed by atoms with Gasteiger partial charge in [0.25, 0.3) is 0 Å². The first kappa shape index (κ1) is 10.4. The van der Waals surface area contributed by atoms with E-state index in [-0.39, 0.29) is 0 Å². The maximum atomic E-state index is 10.7. The number of nitrogen functional groups attached to an aromatic ring is 1. The van der Waals surface area contributed by atoms with Gasteiger partial charge in [-0.1, -0.05) is 19.1 Å². The van der Waals surface area contributed by atoms with Gasteiger partial charge in [0.2, 0.25) is 0 Å². The molecule has 0 aliphatic rings. The zero-order chi connectivity index (χ0) is 10.6. The third-order valence-corrected chi connectivity index (χ3v) is 1.83. The molecule has 0 heterocycles. The number of carboxylic acids is 1. The van der Waals surface area contributed by atoms with Crippen LogP contribution < -0.4 is 10.5 Å². The molecule has 0 aromatic heterocycles. The Morgan fingerprint density at radius 3 is 2.71 bits per heavy atom. The second kappa shape index (κ2) is 4.50. The Balaban J connectivity index is 2.77. The maximum absolute atomic E-state index is 10.7. The minimum atomic E-state index is -0.976. The summed E-state index contributed by atoms with van der Waals surface area (Å²) in [6, 6.07) is 6.84. The lowest BCUT2D eigenvalue weighted by Gasteiger charge is -2.14. The van der Waals surface area contributed by atoms with Crippen LogP contribution in [0.25, 0.3) is 0 Å². The summed E-state index contributed by atoms with van der Waals surface area (Å²) in [6.07, 6.45) is -0.427. The van der Waals surface area contributed by atoms with Gasteiger partial charge in [-0.2, -0.15) is 0 Å². The summed E-state index contributed by atoms with van der Waals surface area (Å²) >= 11 is 0. The van der Waals surface area contributed by atoms with Crippen molar-refractivity contribution in [1.29, 1.82) is 0 Å². The SMILES string of the molecule is CCC(Oc1ccccc1N)C(=O)O. The highest BCUT2D eigenvalue weighted by atomic mass is 16.5. The second-order valence-electron chi connectivity index (χ2n) is 2.89. The van der Waals surface area contributed by atoms with Crippen LogP contribution in [0.1, 0.15) is 13.3 Å². The van der Waals surface area contributed by atoms with E-state index in [9.17, 15) is 4.79 Å². The van der Waals surface area contributed by atoms with Crippen LogP contribution in [0.4, 0.5) is 5.69 Å². The van der Waals surface area contributed by atoms with Gasteiger partial charge in [-0.15, -0.1) is 0 Å². The van der Waals surface area contributed by atoms with Crippen molar-refractivity contribution in [3.63, 3.8) is 0 Å². The molecule has 1 aromatic carbocycles. The fourth-order valence-corrected chi connectivity index (χ4v) is 1.05. The summed E-state index contributed by atoms with van der Waals surface area (Å²) in [4.78, 5) is 10.7. The maximum Gasteiger partial charge on any atom is 0.344 e. The highest BCUT2D eigenvalue weighted by Gasteiger charge is 2.17. The third-order valence-electron chi connectivity index (χ3n) is 1.83. The summed E-state index contributed by atoms with van der Waals surface area (Å²) in [6.45, 7) is 1.75. The minimum Gasteiger partial charge on any atom is -0.479 e. The van der Waals surface area contributed by atoms with Gasteiger partial charge in [-0.05, 0) is 18.6 Å². The van der Waals surface area contributed by atoms with Crippen LogP contribution in [-0.4, -0.2) is 17.2 Å². The molecule has 0 amide bonds. The average Bonchev–Trinajstić information content (AvgIpc) is 2.16. The first-order valence-corrected chi connectivity index (χ1v) is 4.39. The van der Waals surface area contributed by atoms with E-state index in [2.05, 4.69) is 0 Å². The number of hydrogen-bond donors (Lipinski definition) is 2. The molecule has 0 fully saturated rings. The third kappa shape index (κ3) is 2.39. The molecular formula is C10H13NO3. The summed E-state index contributed by atoms with van der Waals surface area (Å²) in [5.74, 6) is -0.558. The number of nitrogens with two attached hydrogens (primary N) is 1. The highest BCUT2D eigenvalue weighted by molar-refractivity contribution is 5.73. The summed E-state index contributed by atoms with van der Waals surface area (Å²) in [5.41, 5.74) is 6.06. The Labute approximate surface area is 82.3 Å². The molecule has 0 aliphatic heterocycles. The number of anilines is 1.